The van der Waals surface area contributed by atoms with Gasteiger partial charge in [-0.2, -0.15) is 0 Å². The van der Waals surface area contributed by atoms with Gasteiger partial charge in [0.1, 0.15) is 5.75 Å². The van der Waals surface area contributed by atoms with Gasteiger partial charge < -0.3 is 16.2 Å². The second-order valence-corrected chi connectivity index (χ2v) is 5.85. The molecule has 0 fully saturated rings. The molecule has 0 saturated carbocycles. The smallest absolute Gasteiger partial charge is 0.237 e. The van der Waals surface area contributed by atoms with Crippen LogP contribution in [0.1, 0.15) is 39.2 Å². The standard InChI is InChI=1S/C16H26N2O2/c1-11(2)10-15(17)16(20)18-12(3)4-5-13-6-8-14(19)9-7-13/h6-9,11-12,15,19H,4-5,10,17H2,1-3H3,(H,18,20). The highest BCUT2D eigenvalue weighted by atomic mass is 16.3. The van der Waals surface area contributed by atoms with Crippen LogP contribution in [0.5, 0.6) is 5.75 Å². The lowest BCUT2D eigenvalue weighted by atomic mass is 10.0. The fourth-order valence-corrected chi connectivity index (χ4v) is 2.08. The molecule has 2 atom stereocenters. The van der Waals surface area contributed by atoms with Gasteiger partial charge in [-0.05, 0) is 49.8 Å². The first-order valence-corrected chi connectivity index (χ1v) is 7.22. The molecule has 4 N–H and O–H groups in total. The predicted molar refractivity (Wildman–Crippen MR) is 81.5 cm³/mol. The fourth-order valence-electron chi connectivity index (χ4n) is 2.08. The van der Waals surface area contributed by atoms with E-state index >= 15 is 0 Å². The Hall–Kier alpha value is -1.55. The van der Waals surface area contributed by atoms with Crippen molar-refractivity contribution in [2.75, 3.05) is 0 Å². The summed E-state index contributed by atoms with van der Waals surface area (Å²) in [6, 6.07) is 6.82. The first-order valence-electron chi connectivity index (χ1n) is 7.22. The molecule has 112 valence electrons. The van der Waals surface area contributed by atoms with E-state index in [1.807, 2.05) is 19.1 Å². The van der Waals surface area contributed by atoms with E-state index in [4.69, 9.17) is 5.73 Å². The number of nitrogens with two attached hydrogens (primary N) is 1. The van der Waals surface area contributed by atoms with Gasteiger partial charge >= 0.3 is 0 Å². The number of aromatic hydroxyl groups is 1. The Morgan fingerprint density at radius 1 is 1.25 bits per heavy atom. The normalized spacial score (nSPS) is 14.1. The first kappa shape index (κ1) is 16.5. The Kier molecular flexibility index (Phi) is 6.52. The van der Waals surface area contributed by atoms with Crippen molar-refractivity contribution in [2.24, 2.45) is 11.7 Å². The predicted octanol–water partition coefficient (Wildman–Crippen LogP) is 2.20. The summed E-state index contributed by atoms with van der Waals surface area (Å²) in [5.41, 5.74) is 7.00. The first-order chi connectivity index (χ1) is 9.38. The van der Waals surface area contributed by atoms with Gasteiger partial charge in [0.05, 0.1) is 6.04 Å². The van der Waals surface area contributed by atoms with Gasteiger partial charge in [0.15, 0.2) is 0 Å². The Morgan fingerprint density at radius 2 is 1.85 bits per heavy atom. The van der Waals surface area contributed by atoms with Gasteiger partial charge in [-0.15, -0.1) is 0 Å². The maximum absolute atomic E-state index is 11.9. The lowest BCUT2D eigenvalue weighted by Crippen LogP contribution is -2.45. The number of nitrogens with one attached hydrogen (secondary N) is 1. The van der Waals surface area contributed by atoms with Gasteiger partial charge in [0, 0.05) is 6.04 Å². The fraction of sp³-hybridized carbons (Fsp3) is 0.562. The summed E-state index contributed by atoms with van der Waals surface area (Å²) in [5, 5.41) is 12.2. The number of aryl methyl sites for hydroxylation is 1. The summed E-state index contributed by atoms with van der Waals surface area (Å²) in [4.78, 5) is 11.9. The van der Waals surface area contributed by atoms with E-state index < -0.39 is 6.04 Å². The molecule has 1 aromatic carbocycles. The summed E-state index contributed by atoms with van der Waals surface area (Å²) in [6.07, 6.45) is 2.42. The third-order valence-electron chi connectivity index (χ3n) is 3.25. The minimum atomic E-state index is -0.425. The molecule has 20 heavy (non-hydrogen) atoms. The number of hydrogen-bond acceptors (Lipinski definition) is 3. The molecule has 4 nitrogen and oxygen atoms in total. The minimum absolute atomic E-state index is 0.0723. The van der Waals surface area contributed by atoms with E-state index in [1.165, 1.54) is 0 Å². The molecule has 0 saturated heterocycles. The van der Waals surface area contributed by atoms with E-state index in [1.54, 1.807) is 12.1 Å². The summed E-state index contributed by atoms with van der Waals surface area (Å²) < 4.78 is 0. The average Bonchev–Trinajstić information content (AvgIpc) is 2.37. The number of carbonyl (C=O) groups is 1. The van der Waals surface area contributed by atoms with Crippen molar-refractivity contribution in [1.82, 2.24) is 5.32 Å². The van der Waals surface area contributed by atoms with E-state index in [2.05, 4.69) is 19.2 Å². The van der Waals surface area contributed by atoms with Crippen molar-refractivity contribution in [2.45, 2.75) is 52.1 Å². The van der Waals surface area contributed by atoms with E-state index in [-0.39, 0.29) is 17.7 Å². The number of carbonyl (C=O) groups excluding carboxylic acids is 1. The summed E-state index contributed by atoms with van der Waals surface area (Å²) in [5.74, 6) is 0.620. The molecule has 0 aliphatic rings. The molecule has 0 bridgehead atoms. The minimum Gasteiger partial charge on any atom is -0.508 e. The zero-order valence-electron chi connectivity index (χ0n) is 12.6. The van der Waals surface area contributed by atoms with Crippen LogP contribution in [0.25, 0.3) is 0 Å². The number of rotatable bonds is 7. The van der Waals surface area contributed by atoms with Crippen molar-refractivity contribution in [3.05, 3.63) is 29.8 Å². The monoisotopic (exact) mass is 278 g/mol. The quantitative estimate of drug-likeness (QED) is 0.715. The Balaban J connectivity index is 2.34. The average molecular weight is 278 g/mol. The number of phenolic OH excluding ortho intramolecular Hbond substituents is 1. The molecule has 0 aromatic heterocycles. The van der Waals surface area contributed by atoms with Crippen molar-refractivity contribution < 1.29 is 9.90 Å². The van der Waals surface area contributed by atoms with Crippen LogP contribution in [0.4, 0.5) is 0 Å². The molecule has 0 heterocycles. The highest BCUT2D eigenvalue weighted by molar-refractivity contribution is 5.81. The van der Waals surface area contributed by atoms with Crippen molar-refractivity contribution in [1.29, 1.82) is 0 Å². The molecule has 1 aromatic rings. The Morgan fingerprint density at radius 3 is 2.40 bits per heavy atom. The van der Waals surface area contributed by atoms with Crippen LogP contribution in [-0.2, 0) is 11.2 Å². The maximum atomic E-state index is 11.9. The second-order valence-electron chi connectivity index (χ2n) is 5.85. The summed E-state index contributed by atoms with van der Waals surface area (Å²) >= 11 is 0. The van der Waals surface area contributed by atoms with E-state index in [0.717, 1.165) is 18.4 Å². The Bertz CT molecular complexity index is 415. The molecule has 2 unspecified atom stereocenters. The van der Waals surface area contributed by atoms with Crippen LogP contribution in [0.3, 0.4) is 0 Å². The van der Waals surface area contributed by atoms with Crippen LogP contribution >= 0.6 is 0 Å². The number of benzene rings is 1. The van der Waals surface area contributed by atoms with Gasteiger partial charge in [-0.1, -0.05) is 26.0 Å². The highest BCUT2D eigenvalue weighted by Crippen LogP contribution is 2.12. The third-order valence-corrected chi connectivity index (χ3v) is 3.25. The molecular weight excluding hydrogens is 252 g/mol. The SMILES string of the molecule is CC(C)CC(N)C(=O)NC(C)CCc1ccc(O)cc1. The molecule has 0 radical (unpaired) electrons. The molecular formula is C16H26N2O2. The molecule has 0 aliphatic carbocycles. The van der Waals surface area contributed by atoms with Gasteiger partial charge in [-0.3, -0.25) is 4.79 Å². The largest absolute Gasteiger partial charge is 0.508 e. The molecule has 1 amide bonds. The lowest BCUT2D eigenvalue weighted by Gasteiger charge is -2.18. The van der Waals surface area contributed by atoms with Gasteiger partial charge in [-0.25, -0.2) is 0 Å². The maximum Gasteiger partial charge on any atom is 0.237 e. The zero-order valence-corrected chi connectivity index (χ0v) is 12.6. The van der Waals surface area contributed by atoms with Crippen LogP contribution in [-0.4, -0.2) is 23.1 Å². The van der Waals surface area contributed by atoms with Gasteiger partial charge in [0.25, 0.3) is 0 Å². The lowest BCUT2D eigenvalue weighted by molar-refractivity contribution is -0.123. The van der Waals surface area contributed by atoms with E-state index in [0.29, 0.717) is 12.3 Å². The number of hydrogen-bond donors (Lipinski definition) is 3. The molecule has 0 aliphatic heterocycles. The molecule has 4 heteroatoms. The molecule has 0 spiro atoms. The summed E-state index contributed by atoms with van der Waals surface area (Å²) in [7, 11) is 0. The topological polar surface area (TPSA) is 75.4 Å². The van der Waals surface area contributed by atoms with Crippen molar-refractivity contribution >= 4 is 5.91 Å². The Labute approximate surface area is 121 Å². The second kappa shape index (κ2) is 7.90. The zero-order chi connectivity index (χ0) is 15.1. The van der Waals surface area contributed by atoms with Crippen molar-refractivity contribution in [3.63, 3.8) is 0 Å². The van der Waals surface area contributed by atoms with Gasteiger partial charge in [0.2, 0.25) is 5.91 Å². The highest BCUT2D eigenvalue weighted by Gasteiger charge is 2.16. The van der Waals surface area contributed by atoms with Crippen LogP contribution in [0.2, 0.25) is 0 Å². The van der Waals surface area contributed by atoms with Crippen LogP contribution < -0.4 is 11.1 Å². The number of phenols is 1. The van der Waals surface area contributed by atoms with E-state index in [9.17, 15) is 9.90 Å². The van der Waals surface area contributed by atoms with Crippen molar-refractivity contribution in [3.8, 4) is 5.75 Å². The third kappa shape index (κ3) is 6.06. The number of amides is 1. The van der Waals surface area contributed by atoms with Crippen LogP contribution in [0.15, 0.2) is 24.3 Å². The molecule has 1 rings (SSSR count). The van der Waals surface area contributed by atoms with Crippen LogP contribution in [0, 0.1) is 5.92 Å². The summed E-state index contributed by atoms with van der Waals surface area (Å²) in [6.45, 7) is 6.10.